The average molecular weight is 464 g/mol. The first-order valence-corrected chi connectivity index (χ1v) is 15.3. The first-order chi connectivity index (χ1) is 14.6. The van der Waals surface area contributed by atoms with E-state index < -0.39 is 11.0 Å². The largest absolute Gasteiger partial charge is 0.242 e. The predicted molar refractivity (Wildman–Crippen MR) is 140 cm³/mol. The molecule has 4 heteroatoms. The van der Waals surface area contributed by atoms with Crippen molar-refractivity contribution in [1.82, 2.24) is 4.72 Å². The van der Waals surface area contributed by atoms with E-state index in [1.807, 2.05) is 0 Å². The minimum absolute atomic E-state index is 0.00283. The van der Waals surface area contributed by atoms with E-state index in [9.17, 15) is 4.21 Å². The zero-order chi connectivity index (χ0) is 22.6. The maximum atomic E-state index is 13.2. The Balaban J connectivity index is 2.03. The molecule has 1 aromatic rings. The molecule has 2 saturated carbocycles. The van der Waals surface area contributed by atoms with E-state index in [0.717, 1.165) is 11.3 Å². The molecule has 2 aliphatic rings. The number of benzene rings is 1. The molecular weight excluding hydrogens is 417 g/mol. The zero-order valence-electron chi connectivity index (χ0n) is 20.9. The van der Waals surface area contributed by atoms with Gasteiger partial charge in [-0.1, -0.05) is 91.5 Å². The topological polar surface area (TPSA) is 29.1 Å². The van der Waals surface area contributed by atoms with Gasteiger partial charge in [-0.3, -0.25) is 0 Å². The number of rotatable bonds is 6. The standard InChI is InChI=1S/C27H46NOPS/c1-26(2,3)25(28-31(29)27(4,5)6)23-19-13-14-20-24(23)30(21-15-9-7-10-16-21)22-17-11-8-12-18-22/h13-14,19-22,25,28H,7-12,15-18H2,1-6H3/t25-,31?/m0/s1. The van der Waals surface area contributed by atoms with Crippen LogP contribution >= 0.6 is 7.92 Å². The van der Waals surface area contributed by atoms with Crippen LogP contribution in [-0.4, -0.2) is 20.3 Å². The van der Waals surface area contributed by atoms with E-state index in [1.54, 1.807) is 5.30 Å². The van der Waals surface area contributed by atoms with Crippen molar-refractivity contribution in [2.45, 2.75) is 128 Å². The van der Waals surface area contributed by atoms with Gasteiger partial charge >= 0.3 is 0 Å². The van der Waals surface area contributed by atoms with Crippen LogP contribution in [0.15, 0.2) is 24.3 Å². The number of hydrogen-bond donors (Lipinski definition) is 1. The molecule has 0 saturated heterocycles. The third-order valence-corrected chi connectivity index (χ3v) is 12.2. The summed E-state index contributed by atoms with van der Waals surface area (Å²) < 4.78 is 16.5. The van der Waals surface area contributed by atoms with Crippen molar-refractivity contribution in [1.29, 1.82) is 0 Å². The first-order valence-electron chi connectivity index (χ1n) is 12.6. The van der Waals surface area contributed by atoms with Crippen LogP contribution in [0.1, 0.15) is 117 Å². The summed E-state index contributed by atoms with van der Waals surface area (Å²) in [4.78, 5) is 0. The van der Waals surface area contributed by atoms with Crippen molar-refractivity contribution in [2.75, 3.05) is 0 Å². The van der Waals surface area contributed by atoms with E-state index in [-0.39, 0.29) is 24.1 Å². The smallest absolute Gasteiger partial charge is 0.0976 e. The third kappa shape index (κ3) is 6.64. The fourth-order valence-corrected chi connectivity index (χ4v) is 10.4. The van der Waals surface area contributed by atoms with Crippen LogP contribution < -0.4 is 10.0 Å². The zero-order valence-corrected chi connectivity index (χ0v) is 22.6. The van der Waals surface area contributed by atoms with Crippen molar-refractivity contribution in [3.63, 3.8) is 0 Å². The predicted octanol–water partition coefficient (Wildman–Crippen LogP) is 7.60. The van der Waals surface area contributed by atoms with E-state index in [0.29, 0.717) is 0 Å². The lowest BCUT2D eigenvalue weighted by Crippen LogP contribution is -2.42. The normalized spacial score (nSPS) is 21.9. The quantitative estimate of drug-likeness (QED) is 0.432. The molecule has 1 aromatic carbocycles. The van der Waals surface area contributed by atoms with Crippen molar-refractivity contribution in [3.8, 4) is 0 Å². The molecule has 0 spiro atoms. The lowest BCUT2D eigenvalue weighted by Gasteiger charge is -2.42. The minimum Gasteiger partial charge on any atom is -0.242 e. The van der Waals surface area contributed by atoms with Gasteiger partial charge in [-0.25, -0.2) is 8.93 Å². The Morgan fingerprint density at radius 3 is 1.77 bits per heavy atom. The Morgan fingerprint density at radius 1 is 0.839 bits per heavy atom. The van der Waals surface area contributed by atoms with Crippen LogP contribution in [0.25, 0.3) is 0 Å². The summed E-state index contributed by atoms with van der Waals surface area (Å²) in [5.41, 5.74) is 3.18. The van der Waals surface area contributed by atoms with Crippen molar-refractivity contribution in [3.05, 3.63) is 29.8 Å². The molecule has 0 amide bonds. The van der Waals surface area contributed by atoms with E-state index >= 15 is 0 Å². The lowest BCUT2D eigenvalue weighted by molar-refractivity contribution is 0.308. The van der Waals surface area contributed by atoms with Crippen molar-refractivity contribution in [2.24, 2.45) is 5.41 Å². The van der Waals surface area contributed by atoms with Gasteiger partial charge in [-0.2, -0.15) is 0 Å². The Hall–Kier alpha value is -0.240. The molecule has 1 unspecified atom stereocenters. The molecule has 31 heavy (non-hydrogen) atoms. The molecule has 0 bridgehead atoms. The SMILES string of the molecule is CC(C)(C)[C@@H](NS(=O)C(C)(C)C)c1ccccc1P(C1CCCCC1)C1CCCCC1. The van der Waals surface area contributed by atoms with Gasteiger partial charge in [0.25, 0.3) is 0 Å². The van der Waals surface area contributed by atoms with Crippen molar-refractivity contribution < 1.29 is 4.21 Å². The Labute approximate surface area is 196 Å². The molecule has 2 fully saturated rings. The van der Waals surface area contributed by atoms with E-state index in [2.05, 4.69) is 70.5 Å². The van der Waals surface area contributed by atoms with E-state index in [4.69, 9.17) is 0 Å². The maximum Gasteiger partial charge on any atom is 0.0976 e. The first kappa shape index (κ1) is 25.4. The highest BCUT2D eigenvalue weighted by atomic mass is 32.2. The summed E-state index contributed by atoms with van der Waals surface area (Å²) in [6.07, 6.45) is 14.1. The lowest BCUT2D eigenvalue weighted by atomic mass is 9.83. The highest BCUT2D eigenvalue weighted by Gasteiger charge is 2.37. The molecule has 0 heterocycles. The Morgan fingerprint density at radius 2 is 1.32 bits per heavy atom. The number of hydrogen-bond acceptors (Lipinski definition) is 1. The van der Waals surface area contributed by atoms with Crippen LogP contribution in [0.3, 0.4) is 0 Å². The molecule has 2 nitrogen and oxygen atoms in total. The molecular formula is C27H46NOPS. The van der Waals surface area contributed by atoms with Gasteiger partial charge in [-0.15, -0.1) is 0 Å². The summed E-state index contributed by atoms with van der Waals surface area (Å²) in [5.74, 6) is 0. The van der Waals surface area contributed by atoms with E-state index in [1.165, 1.54) is 69.8 Å². The van der Waals surface area contributed by atoms with Crippen LogP contribution in [0, 0.1) is 5.41 Å². The fourth-order valence-electron chi connectivity index (χ4n) is 5.37. The second kappa shape index (κ2) is 10.8. The van der Waals surface area contributed by atoms with Crippen LogP contribution in [-0.2, 0) is 11.0 Å². The molecule has 2 aliphatic carbocycles. The van der Waals surface area contributed by atoms with Gasteiger partial charge in [0.05, 0.1) is 15.7 Å². The molecule has 2 atom stereocenters. The van der Waals surface area contributed by atoms with Gasteiger partial charge in [0.15, 0.2) is 0 Å². The molecule has 3 rings (SSSR count). The van der Waals surface area contributed by atoms with Gasteiger partial charge in [-0.05, 0) is 74.1 Å². The molecule has 1 N–H and O–H groups in total. The summed E-state index contributed by atoms with van der Waals surface area (Å²) in [6, 6.07) is 9.36. The monoisotopic (exact) mass is 463 g/mol. The second-order valence-electron chi connectivity index (χ2n) is 11.8. The number of nitrogens with one attached hydrogen (secondary N) is 1. The Bertz CT molecular complexity index is 705. The van der Waals surface area contributed by atoms with Gasteiger partial charge in [0, 0.05) is 6.04 Å². The minimum atomic E-state index is -1.09. The summed E-state index contributed by atoms with van der Waals surface area (Å²) in [6.45, 7) is 13.1. The van der Waals surface area contributed by atoms with Crippen LogP contribution in [0.5, 0.6) is 0 Å². The fraction of sp³-hybridized carbons (Fsp3) is 0.778. The van der Waals surface area contributed by atoms with Gasteiger partial charge in [0.2, 0.25) is 0 Å². The summed E-state index contributed by atoms with van der Waals surface area (Å²) in [7, 11) is -1.27. The van der Waals surface area contributed by atoms with Crippen LogP contribution in [0.4, 0.5) is 0 Å². The molecule has 176 valence electrons. The molecule has 0 aliphatic heterocycles. The Kier molecular flexibility index (Phi) is 8.84. The summed E-state index contributed by atoms with van der Waals surface area (Å²) in [5, 5.41) is 1.62. The molecule has 0 radical (unpaired) electrons. The second-order valence-corrected chi connectivity index (χ2v) is 16.6. The maximum absolute atomic E-state index is 13.2. The van der Waals surface area contributed by atoms with Gasteiger partial charge < -0.3 is 0 Å². The highest BCUT2D eigenvalue weighted by molar-refractivity contribution is 7.84. The average Bonchev–Trinajstić information content (AvgIpc) is 2.73. The van der Waals surface area contributed by atoms with Gasteiger partial charge in [0.1, 0.15) is 0 Å². The third-order valence-electron chi connectivity index (χ3n) is 7.11. The molecule has 0 aromatic heterocycles. The van der Waals surface area contributed by atoms with Crippen LogP contribution in [0.2, 0.25) is 0 Å². The summed E-state index contributed by atoms with van der Waals surface area (Å²) >= 11 is 0. The highest BCUT2D eigenvalue weighted by Crippen LogP contribution is 2.56. The van der Waals surface area contributed by atoms with Crippen molar-refractivity contribution >= 4 is 24.2 Å².